The fourth-order valence-corrected chi connectivity index (χ4v) is 7.81. The summed E-state index contributed by atoms with van der Waals surface area (Å²) in [6, 6.07) is 22.9. The van der Waals surface area contributed by atoms with Gasteiger partial charge in [-0.25, -0.2) is 4.79 Å². The van der Waals surface area contributed by atoms with E-state index in [1.165, 1.54) is 10.1 Å². The van der Waals surface area contributed by atoms with Crippen LogP contribution in [0.15, 0.2) is 71.5 Å². The van der Waals surface area contributed by atoms with Crippen molar-refractivity contribution >= 4 is 11.7 Å². The van der Waals surface area contributed by atoms with Crippen LogP contribution in [0.5, 0.6) is 17.2 Å². The number of ether oxygens (including phenoxy) is 2. The number of carboxylic acid groups (broad SMARTS) is 1. The summed E-state index contributed by atoms with van der Waals surface area (Å²) in [5.74, 6) is 0.534. The fourth-order valence-electron chi connectivity index (χ4n) is 7.81. The summed E-state index contributed by atoms with van der Waals surface area (Å²) >= 11 is 0. The maximum atomic E-state index is 13.8. The van der Waals surface area contributed by atoms with Gasteiger partial charge in [-0.3, -0.25) is 9.69 Å². The predicted molar refractivity (Wildman–Crippen MR) is 176 cm³/mol. The lowest BCUT2D eigenvalue weighted by Gasteiger charge is -2.27. The summed E-state index contributed by atoms with van der Waals surface area (Å²) in [7, 11) is 5.34. The molecule has 2 N–H and O–H groups in total. The summed E-state index contributed by atoms with van der Waals surface area (Å²) in [6.45, 7) is 3.05. The van der Waals surface area contributed by atoms with E-state index in [-0.39, 0.29) is 6.54 Å². The first-order valence-electron chi connectivity index (χ1n) is 15.8. The minimum absolute atomic E-state index is 0.0729. The number of aryl methyl sites for hydroxylation is 1. The third-order valence-corrected chi connectivity index (χ3v) is 10.1. The Balaban J connectivity index is 1.21. The van der Waals surface area contributed by atoms with E-state index in [9.17, 15) is 19.8 Å². The molecule has 2 heterocycles. The first kappa shape index (κ1) is 29.9. The zero-order chi connectivity index (χ0) is 32.1. The number of aromatic carboxylic acids is 1. The van der Waals surface area contributed by atoms with E-state index >= 15 is 0 Å². The highest BCUT2D eigenvalue weighted by molar-refractivity contribution is 5.92. The van der Waals surface area contributed by atoms with Crippen LogP contribution >= 0.6 is 0 Å². The molecule has 1 aliphatic heterocycles. The van der Waals surface area contributed by atoms with Crippen LogP contribution in [0, 0.1) is 11.8 Å². The minimum Gasteiger partial charge on any atom is -0.506 e. The lowest BCUT2D eigenvalue weighted by atomic mass is 9.97. The van der Waals surface area contributed by atoms with Crippen LogP contribution in [-0.4, -0.2) is 66.0 Å². The zero-order valence-corrected chi connectivity index (χ0v) is 26.4. The number of fused-ring (bicyclic) bond motifs is 4. The van der Waals surface area contributed by atoms with Gasteiger partial charge in [0.05, 0.1) is 26.5 Å². The van der Waals surface area contributed by atoms with Crippen LogP contribution < -0.4 is 19.9 Å². The van der Waals surface area contributed by atoms with Gasteiger partial charge in [0.25, 0.3) is 5.56 Å². The molecule has 0 bridgehead atoms. The van der Waals surface area contributed by atoms with Crippen molar-refractivity contribution in [3.63, 3.8) is 0 Å². The van der Waals surface area contributed by atoms with Gasteiger partial charge < -0.3 is 29.2 Å². The Morgan fingerprint density at radius 2 is 1.74 bits per heavy atom. The average Bonchev–Trinajstić information content (AvgIpc) is 3.64. The molecule has 3 aliphatic rings. The topological polar surface area (TPSA) is 104 Å². The first-order valence-corrected chi connectivity index (χ1v) is 15.8. The standard InChI is InChI=1S/C37H39N3O6/c1-38(18-22-8-5-4-6-9-22)33-29-20-39(21-30(29)33)25-13-15-27-23(16-25)10-7-11-28-34(27)40(36(42)32(35(28)41)37(43)44)19-24-12-14-26(45-2)17-31(24)46-3/h4-6,8-9,12-17,29-30,33,41H,7,10-11,18-21H2,1-3H3,(H,43,44)/t29-,30+,33?. The molecular formula is C37H39N3O6. The Labute approximate surface area is 268 Å². The molecule has 0 spiro atoms. The second-order valence-corrected chi connectivity index (χ2v) is 12.7. The Kier molecular flexibility index (Phi) is 7.72. The molecule has 3 atom stereocenters. The number of piperidine rings is 1. The van der Waals surface area contributed by atoms with Crippen LogP contribution in [0.25, 0.3) is 11.3 Å². The van der Waals surface area contributed by atoms with Crippen LogP contribution in [0.4, 0.5) is 5.69 Å². The van der Waals surface area contributed by atoms with Gasteiger partial charge in [-0.05, 0) is 73.5 Å². The van der Waals surface area contributed by atoms with Crippen LogP contribution in [0.3, 0.4) is 0 Å². The molecule has 2 aliphatic carbocycles. The zero-order valence-electron chi connectivity index (χ0n) is 26.4. The van der Waals surface area contributed by atoms with Gasteiger partial charge in [-0.2, -0.15) is 0 Å². The minimum atomic E-state index is -1.44. The smallest absolute Gasteiger partial charge is 0.345 e. The third-order valence-electron chi connectivity index (χ3n) is 10.1. The van der Waals surface area contributed by atoms with E-state index in [2.05, 4.69) is 59.3 Å². The molecule has 4 aromatic rings. The van der Waals surface area contributed by atoms with Crippen molar-refractivity contribution in [1.29, 1.82) is 0 Å². The van der Waals surface area contributed by atoms with Crippen LogP contribution in [0.2, 0.25) is 0 Å². The molecular weight excluding hydrogens is 582 g/mol. The van der Waals surface area contributed by atoms with Gasteiger partial charge >= 0.3 is 5.97 Å². The summed E-state index contributed by atoms with van der Waals surface area (Å²) in [5.41, 5.74) is 4.83. The van der Waals surface area contributed by atoms with E-state index in [1.54, 1.807) is 26.4 Å². The monoisotopic (exact) mass is 621 g/mol. The Bertz CT molecular complexity index is 1860. The Hall–Kier alpha value is -4.76. The highest BCUT2D eigenvalue weighted by Gasteiger charge is 2.57. The molecule has 1 unspecified atom stereocenters. The van der Waals surface area contributed by atoms with Crippen LogP contribution in [0.1, 0.15) is 39.0 Å². The van der Waals surface area contributed by atoms with Crippen molar-refractivity contribution in [3.8, 4) is 28.5 Å². The quantitative estimate of drug-likeness (QED) is 0.268. The molecule has 2 fully saturated rings. The maximum absolute atomic E-state index is 13.8. The van der Waals surface area contributed by atoms with E-state index in [1.807, 2.05) is 12.1 Å². The van der Waals surface area contributed by atoms with E-state index in [0.717, 1.165) is 49.3 Å². The number of hydrogen-bond acceptors (Lipinski definition) is 7. The SMILES string of the molecule is COc1ccc(Cn2c3c(c(O)c(C(=O)O)c2=O)CCCc2cc(N4C[C@@H]5C(N(C)Cc6ccccc6)[C@@H]5C4)ccc2-3)c(OC)c1. The molecule has 1 saturated heterocycles. The average molecular weight is 622 g/mol. The number of nitrogens with zero attached hydrogens (tertiary/aromatic N) is 3. The number of pyridine rings is 1. The number of rotatable bonds is 9. The fraction of sp³-hybridized carbons (Fsp3) is 0.351. The normalized spacial score (nSPS) is 19.7. The number of hydrogen-bond donors (Lipinski definition) is 2. The second-order valence-electron chi connectivity index (χ2n) is 12.7. The highest BCUT2D eigenvalue weighted by atomic mass is 16.5. The summed E-state index contributed by atoms with van der Waals surface area (Å²) in [6.07, 6.45) is 1.93. The van der Waals surface area contributed by atoms with E-state index in [4.69, 9.17) is 9.47 Å². The van der Waals surface area contributed by atoms with Crippen LogP contribution in [-0.2, 0) is 25.9 Å². The van der Waals surface area contributed by atoms with Gasteiger partial charge in [0.2, 0.25) is 0 Å². The molecule has 9 nitrogen and oxygen atoms in total. The number of benzene rings is 3. The van der Waals surface area contributed by atoms with E-state index < -0.39 is 22.8 Å². The molecule has 7 rings (SSSR count). The molecule has 238 valence electrons. The summed E-state index contributed by atoms with van der Waals surface area (Å²) in [5, 5.41) is 21.1. The van der Waals surface area contributed by atoms with E-state index in [0.29, 0.717) is 52.6 Å². The van der Waals surface area contributed by atoms with Gasteiger partial charge in [0.1, 0.15) is 17.2 Å². The highest BCUT2D eigenvalue weighted by Crippen LogP contribution is 2.50. The molecule has 3 aromatic carbocycles. The first-order chi connectivity index (χ1) is 22.3. The van der Waals surface area contributed by atoms with Crippen molar-refractivity contribution < 1.29 is 24.5 Å². The molecule has 1 saturated carbocycles. The number of aromatic hydroxyl groups is 1. The number of methoxy groups -OCH3 is 2. The Morgan fingerprint density at radius 3 is 2.43 bits per heavy atom. The molecule has 0 amide bonds. The van der Waals surface area contributed by atoms with Gasteiger partial charge in [0.15, 0.2) is 5.56 Å². The third kappa shape index (κ3) is 5.18. The van der Waals surface area contributed by atoms with Crippen molar-refractivity contribution in [1.82, 2.24) is 9.47 Å². The second kappa shape index (κ2) is 11.9. The Morgan fingerprint density at radius 1 is 0.978 bits per heavy atom. The predicted octanol–water partition coefficient (Wildman–Crippen LogP) is 5.04. The van der Waals surface area contributed by atoms with Crippen molar-refractivity contribution in [2.24, 2.45) is 11.8 Å². The largest absolute Gasteiger partial charge is 0.506 e. The lowest BCUT2D eigenvalue weighted by Crippen LogP contribution is -2.32. The maximum Gasteiger partial charge on any atom is 0.345 e. The molecule has 9 heteroatoms. The number of carboxylic acids is 1. The van der Waals surface area contributed by atoms with Crippen molar-refractivity contribution in [3.05, 3.63) is 105 Å². The molecule has 0 radical (unpaired) electrons. The van der Waals surface area contributed by atoms with Crippen molar-refractivity contribution in [2.45, 2.75) is 38.4 Å². The van der Waals surface area contributed by atoms with Gasteiger partial charge in [-0.1, -0.05) is 36.4 Å². The number of aromatic nitrogens is 1. The number of anilines is 1. The molecule has 46 heavy (non-hydrogen) atoms. The van der Waals surface area contributed by atoms with Gasteiger partial charge in [-0.15, -0.1) is 0 Å². The molecule has 1 aromatic heterocycles. The number of carbonyl (C=O) groups is 1. The summed E-state index contributed by atoms with van der Waals surface area (Å²) in [4.78, 5) is 31.0. The van der Waals surface area contributed by atoms with Gasteiger partial charge in [0, 0.05) is 54.1 Å². The van der Waals surface area contributed by atoms with Crippen molar-refractivity contribution in [2.75, 3.05) is 39.3 Å². The summed E-state index contributed by atoms with van der Waals surface area (Å²) < 4.78 is 12.4. The lowest BCUT2D eigenvalue weighted by molar-refractivity contribution is 0.0690.